The molecule has 0 fully saturated rings. The van der Waals surface area contributed by atoms with Crippen LogP contribution < -0.4 is 5.32 Å². The van der Waals surface area contributed by atoms with Crippen molar-refractivity contribution in [3.05, 3.63) is 64.7 Å². The van der Waals surface area contributed by atoms with Gasteiger partial charge in [0.15, 0.2) is 0 Å². The Bertz CT molecular complexity index is 578. The molecule has 0 saturated carbocycles. The van der Waals surface area contributed by atoms with E-state index in [0.717, 1.165) is 5.56 Å². The summed E-state index contributed by atoms with van der Waals surface area (Å²) in [5.41, 5.74) is 2.18. The number of benzene rings is 2. The standard InChI is InChI=1S/C16H17Cl2NO2/c17-9-13(20)10-19-15-8-12(18)6-7-14(15)16(21)11-4-2-1-3-5-11/h1-8,13,16,19-21H,9-10H2. The molecule has 0 radical (unpaired) electrons. The number of rotatable bonds is 6. The predicted molar refractivity (Wildman–Crippen MR) is 87.2 cm³/mol. The number of nitrogens with one attached hydrogen (secondary N) is 1. The highest BCUT2D eigenvalue weighted by atomic mass is 35.5. The minimum absolute atomic E-state index is 0.143. The zero-order valence-electron chi connectivity index (χ0n) is 11.3. The smallest absolute Gasteiger partial charge is 0.106 e. The number of aliphatic hydroxyl groups is 2. The molecule has 2 unspecified atom stereocenters. The lowest BCUT2D eigenvalue weighted by atomic mass is 10.00. The molecule has 2 aromatic rings. The summed E-state index contributed by atoms with van der Waals surface area (Å²) in [4.78, 5) is 0. The highest BCUT2D eigenvalue weighted by Crippen LogP contribution is 2.30. The van der Waals surface area contributed by atoms with E-state index < -0.39 is 12.2 Å². The summed E-state index contributed by atoms with van der Waals surface area (Å²) < 4.78 is 0. The van der Waals surface area contributed by atoms with Gasteiger partial charge < -0.3 is 15.5 Å². The molecular formula is C16H17Cl2NO2. The molecule has 3 N–H and O–H groups in total. The molecule has 0 bridgehead atoms. The highest BCUT2D eigenvalue weighted by molar-refractivity contribution is 6.30. The number of aliphatic hydroxyl groups excluding tert-OH is 2. The van der Waals surface area contributed by atoms with Crippen molar-refractivity contribution in [1.82, 2.24) is 0 Å². The summed E-state index contributed by atoms with van der Waals surface area (Å²) in [6.07, 6.45) is -1.42. The highest BCUT2D eigenvalue weighted by Gasteiger charge is 2.15. The number of anilines is 1. The Morgan fingerprint density at radius 3 is 2.43 bits per heavy atom. The van der Waals surface area contributed by atoms with Gasteiger partial charge >= 0.3 is 0 Å². The summed E-state index contributed by atoms with van der Waals surface area (Å²) >= 11 is 11.6. The van der Waals surface area contributed by atoms with Crippen LogP contribution in [0, 0.1) is 0 Å². The SMILES string of the molecule is OC(CCl)CNc1cc(Cl)ccc1C(O)c1ccccc1. The van der Waals surface area contributed by atoms with Crippen LogP contribution in [-0.2, 0) is 0 Å². The van der Waals surface area contributed by atoms with Crippen LogP contribution in [0.3, 0.4) is 0 Å². The molecule has 0 aromatic heterocycles. The quantitative estimate of drug-likeness (QED) is 0.713. The molecular weight excluding hydrogens is 309 g/mol. The first-order valence-electron chi connectivity index (χ1n) is 6.62. The summed E-state index contributed by atoms with van der Waals surface area (Å²) in [6, 6.07) is 14.6. The number of hydrogen-bond acceptors (Lipinski definition) is 3. The molecule has 0 aliphatic rings. The minimum atomic E-state index is -0.765. The predicted octanol–water partition coefficient (Wildman–Crippen LogP) is 3.43. The Hall–Kier alpha value is -1.26. The van der Waals surface area contributed by atoms with E-state index in [1.54, 1.807) is 18.2 Å². The second-order valence-corrected chi connectivity index (χ2v) is 5.48. The number of hydrogen-bond donors (Lipinski definition) is 3. The molecule has 21 heavy (non-hydrogen) atoms. The third-order valence-electron chi connectivity index (χ3n) is 3.13. The van der Waals surface area contributed by atoms with Crippen molar-refractivity contribution in [2.45, 2.75) is 12.2 Å². The minimum Gasteiger partial charge on any atom is -0.390 e. The van der Waals surface area contributed by atoms with Gasteiger partial charge in [0, 0.05) is 22.8 Å². The fraction of sp³-hybridized carbons (Fsp3) is 0.250. The Morgan fingerprint density at radius 2 is 1.76 bits per heavy atom. The first-order chi connectivity index (χ1) is 10.1. The van der Waals surface area contributed by atoms with E-state index in [4.69, 9.17) is 23.2 Å². The average molecular weight is 326 g/mol. The van der Waals surface area contributed by atoms with Gasteiger partial charge in [-0.2, -0.15) is 0 Å². The molecule has 2 rings (SSSR count). The molecule has 5 heteroatoms. The van der Waals surface area contributed by atoms with E-state index in [1.165, 1.54) is 0 Å². The molecule has 0 aliphatic carbocycles. The van der Waals surface area contributed by atoms with E-state index in [9.17, 15) is 10.2 Å². The van der Waals surface area contributed by atoms with Crippen molar-refractivity contribution >= 4 is 28.9 Å². The zero-order chi connectivity index (χ0) is 15.2. The molecule has 0 spiro atoms. The van der Waals surface area contributed by atoms with Crippen LogP contribution >= 0.6 is 23.2 Å². The van der Waals surface area contributed by atoms with E-state index in [0.29, 0.717) is 22.8 Å². The normalized spacial score (nSPS) is 13.7. The number of alkyl halides is 1. The lowest BCUT2D eigenvalue weighted by Crippen LogP contribution is -2.21. The molecule has 0 aliphatic heterocycles. The summed E-state index contributed by atoms with van der Waals surface area (Å²) in [5.74, 6) is 0.143. The maximum Gasteiger partial charge on any atom is 0.106 e. The Labute approximate surface area is 134 Å². The van der Waals surface area contributed by atoms with E-state index in [2.05, 4.69) is 5.32 Å². The van der Waals surface area contributed by atoms with Crippen molar-refractivity contribution in [3.8, 4) is 0 Å². The molecule has 3 nitrogen and oxygen atoms in total. The van der Waals surface area contributed by atoms with Gasteiger partial charge in [0.2, 0.25) is 0 Å². The van der Waals surface area contributed by atoms with E-state index in [1.807, 2.05) is 30.3 Å². The zero-order valence-corrected chi connectivity index (χ0v) is 12.8. The van der Waals surface area contributed by atoms with Gasteiger partial charge in [-0.25, -0.2) is 0 Å². The fourth-order valence-corrected chi connectivity index (χ4v) is 2.30. The third kappa shape index (κ3) is 4.35. The third-order valence-corrected chi connectivity index (χ3v) is 3.72. The topological polar surface area (TPSA) is 52.5 Å². The van der Waals surface area contributed by atoms with Crippen LogP contribution in [-0.4, -0.2) is 28.7 Å². The molecule has 0 amide bonds. The largest absolute Gasteiger partial charge is 0.390 e. The van der Waals surface area contributed by atoms with Gasteiger partial charge in [0.05, 0.1) is 12.0 Å². The Kier molecular flexibility index (Phi) is 5.88. The first kappa shape index (κ1) is 16.1. The Balaban J connectivity index is 2.26. The van der Waals surface area contributed by atoms with Gasteiger partial charge in [0.1, 0.15) is 6.10 Å². The van der Waals surface area contributed by atoms with Gasteiger partial charge in [-0.1, -0.05) is 48.0 Å². The van der Waals surface area contributed by atoms with Gasteiger partial charge in [-0.05, 0) is 17.7 Å². The Morgan fingerprint density at radius 1 is 1.05 bits per heavy atom. The van der Waals surface area contributed by atoms with Gasteiger partial charge in [-0.15, -0.1) is 11.6 Å². The lowest BCUT2D eigenvalue weighted by molar-refractivity contribution is 0.210. The van der Waals surface area contributed by atoms with Crippen LogP contribution in [0.5, 0.6) is 0 Å². The van der Waals surface area contributed by atoms with Gasteiger partial charge in [0.25, 0.3) is 0 Å². The molecule has 2 aromatic carbocycles. The van der Waals surface area contributed by atoms with Crippen LogP contribution in [0.2, 0.25) is 5.02 Å². The fourth-order valence-electron chi connectivity index (χ4n) is 2.02. The maximum atomic E-state index is 10.5. The van der Waals surface area contributed by atoms with Gasteiger partial charge in [-0.3, -0.25) is 0 Å². The molecule has 0 heterocycles. The summed E-state index contributed by atoms with van der Waals surface area (Å²) in [7, 11) is 0. The molecule has 0 saturated heterocycles. The summed E-state index contributed by atoms with van der Waals surface area (Å²) in [6.45, 7) is 0.290. The van der Waals surface area contributed by atoms with Crippen molar-refractivity contribution in [1.29, 1.82) is 0 Å². The molecule has 2 atom stereocenters. The van der Waals surface area contributed by atoms with Crippen LogP contribution in [0.1, 0.15) is 17.2 Å². The van der Waals surface area contributed by atoms with E-state index in [-0.39, 0.29) is 5.88 Å². The average Bonchev–Trinajstić information content (AvgIpc) is 2.53. The lowest BCUT2D eigenvalue weighted by Gasteiger charge is -2.18. The van der Waals surface area contributed by atoms with Crippen molar-refractivity contribution in [2.24, 2.45) is 0 Å². The van der Waals surface area contributed by atoms with Crippen LogP contribution in [0.25, 0.3) is 0 Å². The van der Waals surface area contributed by atoms with Crippen molar-refractivity contribution in [3.63, 3.8) is 0 Å². The van der Waals surface area contributed by atoms with Crippen molar-refractivity contribution < 1.29 is 10.2 Å². The second kappa shape index (κ2) is 7.66. The second-order valence-electron chi connectivity index (χ2n) is 4.73. The maximum absolute atomic E-state index is 10.5. The van der Waals surface area contributed by atoms with E-state index >= 15 is 0 Å². The number of halogens is 2. The van der Waals surface area contributed by atoms with Crippen LogP contribution in [0.4, 0.5) is 5.69 Å². The van der Waals surface area contributed by atoms with Crippen LogP contribution in [0.15, 0.2) is 48.5 Å². The summed E-state index contributed by atoms with van der Waals surface area (Å²) in [5, 5.41) is 23.7. The molecule has 112 valence electrons. The van der Waals surface area contributed by atoms with Crippen molar-refractivity contribution in [2.75, 3.05) is 17.7 Å². The monoisotopic (exact) mass is 325 g/mol. The first-order valence-corrected chi connectivity index (χ1v) is 7.53.